The molecule has 2 aromatic rings. The van der Waals surface area contributed by atoms with Gasteiger partial charge in [0, 0.05) is 37.6 Å². The van der Waals surface area contributed by atoms with Gasteiger partial charge in [0.15, 0.2) is 0 Å². The predicted octanol–water partition coefficient (Wildman–Crippen LogP) is 3.49. The van der Waals surface area contributed by atoms with Crippen molar-refractivity contribution in [2.45, 2.75) is 38.6 Å². The number of amides is 1. The quantitative estimate of drug-likeness (QED) is 0.739. The SMILES string of the molecule is C=C(CCCc1nnc(C)o1)C(=O)N1N=CCC1c1cc(F)cc(F)c1. The maximum absolute atomic E-state index is 13.5. The van der Waals surface area contributed by atoms with E-state index < -0.39 is 17.7 Å². The minimum atomic E-state index is -0.687. The van der Waals surface area contributed by atoms with E-state index in [4.69, 9.17) is 4.42 Å². The summed E-state index contributed by atoms with van der Waals surface area (Å²) in [6.07, 6.45) is 3.53. The van der Waals surface area contributed by atoms with Crippen molar-refractivity contribution in [2.75, 3.05) is 0 Å². The van der Waals surface area contributed by atoms with Gasteiger partial charge in [0.25, 0.3) is 5.91 Å². The molecule has 0 radical (unpaired) electrons. The summed E-state index contributed by atoms with van der Waals surface area (Å²) >= 11 is 0. The lowest BCUT2D eigenvalue weighted by molar-refractivity contribution is -0.129. The normalized spacial score (nSPS) is 16.3. The van der Waals surface area contributed by atoms with Crippen molar-refractivity contribution >= 4 is 12.1 Å². The monoisotopic (exact) mass is 360 g/mol. The Hall–Kier alpha value is -2.90. The average Bonchev–Trinajstić information content (AvgIpc) is 3.22. The Morgan fingerprint density at radius 1 is 1.31 bits per heavy atom. The molecule has 1 unspecified atom stereocenters. The number of benzene rings is 1. The zero-order valence-corrected chi connectivity index (χ0v) is 14.3. The van der Waals surface area contributed by atoms with Crippen molar-refractivity contribution in [1.29, 1.82) is 0 Å². The highest BCUT2D eigenvalue weighted by Gasteiger charge is 2.30. The number of aryl methyl sites for hydroxylation is 2. The maximum atomic E-state index is 13.5. The van der Waals surface area contributed by atoms with Crippen LogP contribution in [0.5, 0.6) is 0 Å². The molecule has 0 fully saturated rings. The first-order valence-electron chi connectivity index (χ1n) is 8.23. The van der Waals surface area contributed by atoms with Crippen LogP contribution in [0, 0.1) is 18.6 Å². The Balaban J connectivity index is 1.61. The molecular formula is C18H18F2N4O2. The first-order valence-corrected chi connectivity index (χ1v) is 8.23. The average molecular weight is 360 g/mol. The molecule has 0 saturated heterocycles. The molecule has 1 aliphatic rings. The topological polar surface area (TPSA) is 71.6 Å². The molecule has 1 atom stereocenters. The molecule has 8 heteroatoms. The molecule has 0 aliphatic carbocycles. The fourth-order valence-electron chi connectivity index (χ4n) is 2.81. The van der Waals surface area contributed by atoms with Crippen LogP contribution in [0.1, 0.15) is 42.6 Å². The Bertz CT molecular complexity index is 842. The lowest BCUT2D eigenvalue weighted by Crippen LogP contribution is -2.28. The van der Waals surface area contributed by atoms with Gasteiger partial charge >= 0.3 is 0 Å². The second-order valence-electron chi connectivity index (χ2n) is 6.07. The molecule has 136 valence electrons. The molecule has 0 saturated carbocycles. The van der Waals surface area contributed by atoms with E-state index in [-0.39, 0.29) is 5.91 Å². The summed E-state index contributed by atoms with van der Waals surface area (Å²) in [5, 5.41) is 12.9. The third-order valence-electron chi connectivity index (χ3n) is 4.05. The summed E-state index contributed by atoms with van der Waals surface area (Å²) < 4.78 is 32.2. The van der Waals surface area contributed by atoms with Crippen LogP contribution in [0.3, 0.4) is 0 Å². The lowest BCUT2D eigenvalue weighted by atomic mass is 10.0. The standard InChI is InChI=1S/C18H18F2N4O2/c1-11(4-3-5-17-23-22-12(2)26-17)18(25)24-16(6-7-21-24)13-8-14(19)10-15(20)9-13/h7-10,16H,1,3-6H2,2H3. The molecule has 1 aromatic heterocycles. The summed E-state index contributed by atoms with van der Waals surface area (Å²) in [7, 11) is 0. The zero-order chi connectivity index (χ0) is 18.7. The van der Waals surface area contributed by atoms with Crippen LogP contribution in [-0.2, 0) is 11.2 Å². The number of hydrazone groups is 1. The van der Waals surface area contributed by atoms with Gasteiger partial charge in [-0.05, 0) is 30.5 Å². The molecule has 2 heterocycles. The number of aromatic nitrogens is 2. The van der Waals surface area contributed by atoms with E-state index in [1.165, 1.54) is 17.1 Å². The summed E-state index contributed by atoms with van der Waals surface area (Å²) in [5.41, 5.74) is 0.727. The van der Waals surface area contributed by atoms with Crippen molar-refractivity contribution < 1.29 is 18.0 Å². The number of rotatable bonds is 6. The van der Waals surface area contributed by atoms with Gasteiger partial charge in [0.05, 0.1) is 6.04 Å². The van der Waals surface area contributed by atoms with Gasteiger partial charge in [0.2, 0.25) is 11.8 Å². The highest BCUT2D eigenvalue weighted by Crippen LogP contribution is 2.30. The number of nitrogens with zero attached hydrogens (tertiary/aromatic N) is 4. The Labute approximate surface area is 149 Å². The van der Waals surface area contributed by atoms with Gasteiger partial charge in [0.1, 0.15) is 11.6 Å². The Morgan fingerprint density at radius 3 is 2.69 bits per heavy atom. The molecule has 1 amide bonds. The van der Waals surface area contributed by atoms with Crippen molar-refractivity contribution in [3.63, 3.8) is 0 Å². The van der Waals surface area contributed by atoms with Gasteiger partial charge in [-0.25, -0.2) is 13.8 Å². The van der Waals surface area contributed by atoms with Crippen LogP contribution >= 0.6 is 0 Å². The first kappa shape index (κ1) is 17.9. The molecule has 1 aliphatic heterocycles. The number of hydrogen-bond acceptors (Lipinski definition) is 5. The minimum Gasteiger partial charge on any atom is -0.426 e. The third-order valence-corrected chi connectivity index (χ3v) is 4.05. The zero-order valence-electron chi connectivity index (χ0n) is 14.3. The number of halogens is 2. The van der Waals surface area contributed by atoms with Crippen LogP contribution in [0.15, 0.2) is 39.9 Å². The molecule has 0 spiro atoms. The van der Waals surface area contributed by atoms with E-state index in [0.29, 0.717) is 48.6 Å². The Morgan fingerprint density at radius 2 is 2.04 bits per heavy atom. The van der Waals surface area contributed by atoms with Crippen LogP contribution in [0.2, 0.25) is 0 Å². The number of carbonyl (C=O) groups is 1. The molecule has 0 N–H and O–H groups in total. The molecule has 6 nitrogen and oxygen atoms in total. The highest BCUT2D eigenvalue weighted by molar-refractivity contribution is 5.94. The van der Waals surface area contributed by atoms with Crippen molar-refractivity contribution in [2.24, 2.45) is 5.10 Å². The first-order chi connectivity index (χ1) is 12.4. The maximum Gasteiger partial charge on any atom is 0.269 e. The lowest BCUT2D eigenvalue weighted by Gasteiger charge is -2.23. The second kappa shape index (κ2) is 7.55. The van der Waals surface area contributed by atoms with E-state index in [2.05, 4.69) is 21.9 Å². The smallest absolute Gasteiger partial charge is 0.269 e. The molecule has 3 rings (SSSR count). The number of carbonyl (C=O) groups excluding carboxylic acids is 1. The molecule has 0 bridgehead atoms. The third kappa shape index (κ3) is 4.01. The summed E-state index contributed by atoms with van der Waals surface area (Å²) in [6.45, 7) is 5.53. The van der Waals surface area contributed by atoms with Crippen molar-refractivity contribution in [3.05, 3.63) is 59.3 Å². The second-order valence-corrected chi connectivity index (χ2v) is 6.07. The summed E-state index contributed by atoms with van der Waals surface area (Å²) in [4.78, 5) is 12.6. The van der Waals surface area contributed by atoms with Gasteiger partial charge in [-0.15, -0.1) is 10.2 Å². The number of hydrogen-bond donors (Lipinski definition) is 0. The van der Waals surface area contributed by atoms with Crippen LogP contribution in [0.25, 0.3) is 0 Å². The van der Waals surface area contributed by atoms with Gasteiger partial charge in [-0.3, -0.25) is 4.79 Å². The fraction of sp³-hybridized carbons (Fsp3) is 0.333. The van der Waals surface area contributed by atoms with E-state index in [1.807, 2.05) is 0 Å². The van der Waals surface area contributed by atoms with Crippen molar-refractivity contribution in [3.8, 4) is 0 Å². The Kier molecular flexibility index (Phi) is 5.20. The van der Waals surface area contributed by atoms with Crippen LogP contribution in [0.4, 0.5) is 8.78 Å². The summed E-state index contributed by atoms with van der Waals surface area (Å²) in [6, 6.07) is 2.68. The van der Waals surface area contributed by atoms with Gasteiger partial charge in [-0.1, -0.05) is 6.58 Å². The highest BCUT2D eigenvalue weighted by atomic mass is 19.1. The van der Waals surface area contributed by atoms with E-state index in [0.717, 1.165) is 6.07 Å². The van der Waals surface area contributed by atoms with E-state index >= 15 is 0 Å². The van der Waals surface area contributed by atoms with E-state index in [9.17, 15) is 13.6 Å². The van der Waals surface area contributed by atoms with Gasteiger partial charge < -0.3 is 4.42 Å². The molecule has 1 aromatic carbocycles. The minimum absolute atomic E-state index is 0.363. The van der Waals surface area contributed by atoms with Crippen LogP contribution < -0.4 is 0 Å². The predicted molar refractivity (Wildman–Crippen MR) is 90.2 cm³/mol. The van der Waals surface area contributed by atoms with Gasteiger partial charge in [-0.2, -0.15) is 5.10 Å². The van der Waals surface area contributed by atoms with Crippen molar-refractivity contribution in [1.82, 2.24) is 15.2 Å². The van der Waals surface area contributed by atoms with E-state index in [1.54, 1.807) is 13.1 Å². The largest absolute Gasteiger partial charge is 0.426 e. The fourth-order valence-corrected chi connectivity index (χ4v) is 2.81. The van der Waals surface area contributed by atoms with Crippen LogP contribution in [-0.4, -0.2) is 27.3 Å². The molecular weight excluding hydrogens is 342 g/mol. The summed E-state index contributed by atoms with van der Waals surface area (Å²) in [5.74, 6) is -0.738. The molecule has 26 heavy (non-hydrogen) atoms.